The van der Waals surface area contributed by atoms with Crippen LogP contribution in [0.3, 0.4) is 0 Å². The van der Waals surface area contributed by atoms with Crippen molar-refractivity contribution in [2.24, 2.45) is 0 Å². The molecule has 0 saturated carbocycles. The Balaban J connectivity index is 1.89. The molecule has 0 aliphatic rings. The molecule has 0 aliphatic carbocycles. The van der Waals surface area contributed by atoms with Crippen LogP contribution in [0.4, 0.5) is 22.7 Å². The van der Waals surface area contributed by atoms with Crippen molar-refractivity contribution in [2.75, 3.05) is 10.6 Å². The minimum Gasteiger partial charge on any atom is -0.399 e. The van der Waals surface area contributed by atoms with Gasteiger partial charge in [-0.2, -0.15) is 0 Å². The van der Waals surface area contributed by atoms with Gasteiger partial charge in [-0.15, -0.1) is 0 Å². The fourth-order valence-electron chi connectivity index (χ4n) is 3.68. The Kier molecular flexibility index (Phi) is 5.09. The van der Waals surface area contributed by atoms with Crippen LogP contribution in [0.1, 0.15) is 16.7 Å². The second-order valence-corrected chi connectivity index (χ2v) is 7.58. The second kappa shape index (κ2) is 7.84. The number of hydrogen-bond donors (Lipinski definition) is 1. The Morgan fingerprint density at radius 2 is 1.10 bits per heavy atom. The van der Waals surface area contributed by atoms with Crippen molar-refractivity contribution in [1.29, 1.82) is 0 Å². The van der Waals surface area contributed by atoms with Crippen molar-refractivity contribution in [1.82, 2.24) is 0 Å². The van der Waals surface area contributed by atoms with Crippen LogP contribution in [0.25, 0.3) is 11.1 Å². The van der Waals surface area contributed by atoms with E-state index in [1.54, 1.807) is 0 Å². The smallest absolute Gasteiger partial charge is 0.0467 e. The summed E-state index contributed by atoms with van der Waals surface area (Å²) in [6.45, 7) is 6.45. The highest BCUT2D eigenvalue weighted by molar-refractivity contribution is 5.82. The van der Waals surface area contributed by atoms with Gasteiger partial charge in [0, 0.05) is 22.7 Å². The zero-order chi connectivity index (χ0) is 20.4. The number of anilines is 4. The van der Waals surface area contributed by atoms with Crippen LogP contribution in [-0.2, 0) is 0 Å². The molecule has 0 heterocycles. The molecule has 0 fully saturated rings. The van der Waals surface area contributed by atoms with E-state index < -0.39 is 0 Å². The van der Waals surface area contributed by atoms with Crippen LogP contribution in [0.2, 0.25) is 0 Å². The normalized spacial score (nSPS) is 10.7. The predicted octanol–water partition coefficient (Wildman–Crippen LogP) is 7.33. The first-order chi connectivity index (χ1) is 14.0. The lowest BCUT2D eigenvalue weighted by Gasteiger charge is -2.27. The van der Waals surface area contributed by atoms with E-state index in [-0.39, 0.29) is 0 Å². The van der Waals surface area contributed by atoms with Crippen molar-refractivity contribution in [3.8, 4) is 11.1 Å². The Morgan fingerprint density at radius 1 is 0.552 bits per heavy atom. The highest BCUT2D eigenvalue weighted by Crippen LogP contribution is 2.38. The van der Waals surface area contributed by atoms with Crippen LogP contribution in [0, 0.1) is 20.8 Å². The number of nitrogen functional groups attached to an aromatic ring is 1. The zero-order valence-electron chi connectivity index (χ0n) is 17.2. The molecule has 144 valence electrons. The van der Waals surface area contributed by atoms with Gasteiger partial charge in [-0.25, -0.2) is 0 Å². The summed E-state index contributed by atoms with van der Waals surface area (Å²) in [5.74, 6) is 0. The van der Waals surface area contributed by atoms with Crippen molar-refractivity contribution in [3.05, 3.63) is 108 Å². The van der Waals surface area contributed by atoms with Gasteiger partial charge in [0.05, 0.1) is 0 Å². The van der Waals surface area contributed by atoms with E-state index >= 15 is 0 Å². The fourth-order valence-corrected chi connectivity index (χ4v) is 3.68. The van der Waals surface area contributed by atoms with Crippen LogP contribution in [0.15, 0.2) is 91.0 Å². The first-order valence-corrected chi connectivity index (χ1v) is 9.92. The molecule has 0 amide bonds. The molecule has 0 unspecified atom stereocenters. The molecular formula is C27H26N2. The maximum Gasteiger partial charge on any atom is 0.0467 e. The lowest BCUT2D eigenvalue weighted by atomic mass is 9.96. The van der Waals surface area contributed by atoms with Gasteiger partial charge in [0.15, 0.2) is 0 Å². The van der Waals surface area contributed by atoms with Gasteiger partial charge >= 0.3 is 0 Å². The minimum absolute atomic E-state index is 0.766. The SMILES string of the molecule is Cc1ccc(N(c2ccc(N)cc2)c2ccc(C)c(-c3ccccc3C)c2)cc1. The summed E-state index contributed by atoms with van der Waals surface area (Å²) in [5.41, 5.74) is 16.4. The summed E-state index contributed by atoms with van der Waals surface area (Å²) >= 11 is 0. The zero-order valence-corrected chi connectivity index (χ0v) is 17.2. The second-order valence-electron chi connectivity index (χ2n) is 7.58. The molecule has 0 bridgehead atoms. The summed E-state index contributed by atoms with van der Waals surface area (Å²) in [6.07, 6.45) is 0. The third kappa shape index (κ3) is 3.88. The Labute approximate surface area is 173 Å². The molecule has 0 saturated heterocycles. The molecule has 2 N–H and O–H groups in total. The van der Waals surface area contributed by atoms with Gasteiger partial charge in [-0.05, 0) is 91.6 Å². The molecule has 4 rings (SSSR count). The van der Waals surface area contributed by atoms with Crippen molar-refractivity contribution >= 4 is 22.7 Å². The van der Waals surface area contributed by atoms with Gasteiger partial charge in [0.25, 0.3) is 0 Å². The van der Waals surface area contributed by atoms with Crippen LogP contribution < -0.4 is 10.6 Å². The van der Waals surface area contributed by atoms with E-state index in [0.717, 1.165) is 22.7 Å². The van der Waals surface area contributed by atoms with Gasteiger partial charge < -0.3 is 10.6 Å². The quantitative estimate of drug-likeness (QED) is 0.377. The van der Waals surface area contributed by atoms with E-state index in [1.807, 2.05) is 12.1 Å². The molecule has 0 atom stereocenters. The van der Waals surface area contributed by atoms with Gasteiger partial charge in [0.2, 0.25) is 0 Å². The number of nitrogens with two attached hydrogens (primary N) is 1. The summed E-state index contributed by atoms with van der Waals surface area (Å²) < 4.78 is 0. The standard InChI is InChI=1S/C27H26N2/c1-19-8-13-23(14-9-19)29(24-16-11-22(28)12-17-24)25-15-10-21(3)27(18-25)26-7-5-4-6-20(26)2/h4-18H,28H2,1-3H3. The van der Waals surface area contributed by atoms with Crippen molar-refractivity contribution < 1.29 is 0 Å². The third-order valence-corrected chi connectivity index (χ3v) is 5.36. The average molecular weight is 379 g/mol. The third-order valence-electron chi connectivity index (χ3n) is 5.36. The highest BCUT2D eigenvalue weighted by atomic mass is 15.1. The first kappa shape index (κ1) is 18.8. The van der Waals surface area contributed by atoms with Crippen LogP contribution in [-0.4, -0.2) is 0 Å². The van der Waals surface area contributed by atoms with Crippen LogP contribution in [0.5, 0.6) is 0 Å². The van der Waals surface area contributed by atoms with Crippen LogP contribution >= 0.6 is 0 Å². The summed E-state index contributed by atoms with van der Waals surface area (Å²) in [7, 11) is 0. The van der Waals surface area contributed by atoms with Crippen molar-refractivity contribution in [3.63, 3.8) is 0 Å². The summed E-state index contributed by atoms with van der Waals surface area (Å²) in [5, 5.41) is 0. The molecule has 4 aromatic carbocycles. The Bertz CT molecular complexity index is 1080. The van der Waals surface area contributed by atoms with Gasteiger partial charge in [-0.1, -0.05) is 48.0 Å². The number of rotatable bonds is 4. The van der Waals surface area contributed by atoms with E-state index in [9.17, 15) is 0 Å². The predicted molar refractivity (Wildman–Crippen MR) is 125 cm³/mol. The number of nitrogens with zero attached hydrogens (tertiary/aromatic N) is 1. The summed E-state index contributed by atoms with van der Waals surface area (Å²) in [4.78, 5) is 2.28. The van der Waals surface area contributed by atoms with Gasteiger partial charge in [-0.3, -0.25) is 0 Å². The number of benzene rings is 4. The molecule has 0 aromatic heterocycles. The van der Waals surface area contributed by atoms with Crippen molar-refractivity contribution in [2.45, 2.75) is 20.8 Å². The fraction of sp³-hybridized carbons (Fsp3) is 0.111. The molecule has 29 heavy (non-hydrogen) atoms. The number of aryl methyl sites for hydroxylation is 3. The molecule has 2 nitrogen and oxygen atoms in total. The first-order valence-electron chi connectivity index (χ1n) is 9.92. The number of hydrogen-bond acceptors (Lipinski definition) is 2. The van der Waals surface area contributed by atoms with E-state index in [0.29, 0.717) is 0 Å². The molecule has 0 radical (unpaired) electrons. The van der Waals surface area contributed by atoms with Gasteiger partial charge in [0.1, 0.15) is 0 Å². The summed E-state index contributed by atoms with van der Waals surface area (Å²) in [6, 6.07) is 31.9. The van der Waals surface area contributed by atoms with E-state index in [1.165, 1.54) is 27.8 Å². The molecular weight excluding hydrogens is 352 g/mol. The largest absolute Gasteiger partial charge is 0.399 e. The average Bonchev–Trinajstić information content (AvgIpc) is 2.73. The lowest BCUT2D eigenvalue weighted by Crippen LogP contribution is -2.10. The molecule has 4 aromatic rings. The van der Waals surface area contributed by atoms with E-state index in [4.69, 9.17) is 5.73 Å². The monoisotopic (exact) mass is 378 g/mol. The van der Waals surface area contributed by atoms with E-state index in [2.05, 4.69) is 105 Å². The maximum absolute atomic E-state index is 5.94. The molecule has 0 spiro atoms. The molecule has 2 heteroatoms. The topological polar surface area (TPSA) is 29.3 Å². The Hall–Kier alpha value is -3.52. The Morgan fingerprint density at radius 3 is 1.76 bits per heavy atom. The molecule has 0 aliphatic heterocycles. The highest BCUT2D eigenvalue weighted by Gasteiger charge is 2.15. The minimum atomic E-state index is 0.766. The maximum atomic E-state index is 5.94. The lowest BCUT2D eigenvalue weighted by molar-refractivity contribution is 1.27.